The molecule has 0 aromatic rings. The molecule has 0 saturated heterocycles. The summed E-state index contributed by atoms with van der Waals surface area (Å²) in [6.07, 6.45) is 4.20. The largest absolute Gasteiger partial charge is 0.293 e. The highest BCUT2D eigenvalue weighted by Crippen LogP contribution is 2.49. The van der Waals surface area contributed by atoms with E-state index in [4.69, 9.17) is 5.26 Å². The van der Waals surface area contributed by atoms with Crippen molar-refractivity contribution in [3.05, 3.63) is 11.1 Å². The van der Waals surface area contributed by atoms with Crippen molar-refractivity contribution in [1.29, 1.82) is 5.26 Å². The summed E-state index contributed by atoms with van der Waals surface area (Å²) in [6.45, 7) is 4.07. The number of carbonyl (C=O) groups is 1. The Hall–Kier alpha value is -1.10. The molecule has 0 amide bonds. The third-order valence-corrected chi connectivity index (χ3v) is 3.66. The normalized spacial score (nSPS) is 30.1. The fourth-order valence-corrected chi connectivity index (χ4v) is 2.78. The first-order valence-electron chi connectivity index (χ1n) is 5.25. The standard InChI is InChI=1S/C12H15NO/c1-12(2)9-6-4-3-5-8(9)11(14)10(12)7-13/h10H,3-6H2,1-2H3. The third kappa shape index (κ3) is 1.05. The van der Waals surface area contributed by atoms with E-state index in [0.717, 1.165) is 24.8 Å². The van der Waals surface area contributed by atoms with Crippen LogP contribution in [-0.4, -0.2) is 5.78 Å². The molecule has 0 aromatic carbocycles. The lowest BCUT2D eigenvalue weighted by molar-refractivity contribution is -0.118. The maximum absolute atomic E-state index is 11.9. The van der Waals surface area contributed by atoms with Crippen LogP contribution >= 0.6 is 0 Å². The zero-order chi connectivity index (χ0) is 10.3. The predicted molar refractivity (Wildman–Crippen MR) is 53.4 cm³/mol. The lowest BCUT2D eigenvalue weighted by Crippen LogP contribution is -2.24. The molecule has 0 aromatic heterocycles. The van der Waals surface area contributed by atoms with Crippen molar-refractivity contribution in [1.82, 2.24) is 0 Å². The van der Waals surface area contributed by atoms with Crippen molar-refractivity contribution >= 4 is 5.78 Å². The molecule has 0 heterocycles. The van der Waals surface area contributed by atoms with Gasteiger partial charge in [0.25, 0.3) is 0 Å². The van der Waals surface area contributed by atoms with Gasteiger partial charge in [0.05, 0.1) is 6.07 Å². The van der Waals surface area contributed by atoms with Crippen LogP contribution in [0.4, 0.5) is 0 Å². The van der Waals surface area contributed by atoms with Crippen molar-refractivity contribution in [3.63, 3.8) is 0 Å². The van der Waals surface area contributed by atoms with Gasteiger partial charge in [0.1, 0.15) is 5.92 Å². The monoisotopic (exact) mass is 189 g/mol. The van der Waals surface area contributed by atoms with Crippen LogP contribution in [0, 0.1) is 22.7 Å². The van der Waals surface area contributed by atoms with E-state index >= 15 is 0 Å². The second-order valence-corrected chi connectivity index (χ2v) is 4.81. The summed E-state index contributed by atoms with van der Waals surface area (Å²) >= 11 is 0. The van der Waals surface area contributed by atoms with E-state index in [2.05, 4.69) is 6.07 Å². The number of nitrogens with zero attached hydrogens (tertiary/aromatic N) is 1. The van der Waals surface area contributed by atoms with E-state index in [9.17, 15) is 4.79 Å². The maximum Gasteiger partial charge on any atom is 0.176 e. The highest BCUT2D eigenvalue weighted by atomic mass is 16.1. The summed E-state index contributed by atoms with van der Waals surface area (Å²) < 4.78 is 0. The van der Waals surface area contributed by atoms with Gasteiger partial charge >= 0.3 is 0 Å². The molecule has 0 N–H and O–H groups in total. The SMILES string of the molecule is CC1(C)C2=C(CCCC2)C(=O)C1C#N. The number of ketones is 1. The Morgan fingerprint density at radius 3 is 2.57 bits per heavy atom. The molecule has 0 spiro atoms. The first-order chi connectivity index (χ1) is 6.59. The number of allylic oxidation sites excluding steroid dienone is 2. The molecule has 74 valence electrons. The van der Waals surface area contributed by atoms with Crippen LogP contribution in [0.3, 0.4) is 0 Å². The van der Waals surface area contributed by atoms with Crippen LogP contribution in [0.2, 0.25) is 0 Å². The summed E-state index contributed by atoms with van der Waals surface area (Å²) in [5.74, 6) is -0.321. The Kier molecular flexibility index (Phi) is 1.99. The molecule has 0 fully saturated rings. The third-order valence-electron chi connectivity index (χ3n) is 3.66. The van der Waals surface area contributed by atoms with Gasteiger partial charge in [0.2, 0.25) is 0 Å². The first-order valence-corrected chi connectivity index (χ1v) is 5.25. The molecule has 2 aliphatic carbocycles. The predicted octanol–water partition coefficient (Wildman–Crippen LogP) is 2.61. The molecule has 14 heavy (non-hydrogen) atoms. The second kappa shape index (κ2) is 2.95. The van der Waals surface area contributed by atoms with Crippen LogP contribution < -0.4 is 0 Å². The highest BCUT2D eigenvalue weighted by Gasteiger charge is 2.47. The second-order valence-electron chi connectivity index (χ2n) is 4.81. The number of rotatable bonds is 0. The zero-order valence-electron chi connectivity index (χ0n) is 8.76. The Bertz CT molecular complexity index is 357. The average Bonchev–Trinajstić information content (AvgIpc) is 2.36. The highest BCUT2D eigenvalue weighted by molar-refractivity contribution is 6.03. The Morgan fingerprint density at radius 2 is 2.00 bits per heavy atom. The Labute approximate surface area is 84.6 Å². The van der Waals surface area contributed by atoms with Gasteiger partial charge in [-0.05, 0) is 31.3 Å². The van der Waals surface area contributed by atoms with Crippen LogP contribution in [0.25, 0.3) is 0 Å². The van der Waals surface area contributed by atoms with Crippen molar-refractivity contribution < 1.29 is 4.79 Å². The molecule has 2 rings (SSSR count). The molecule has 2 aliphatic rings. The van der Waals surface area contributed by atoms with E-state index in [1.165, 1.54) is 12.0 Å². The molecule has 2 heteroatoms. The van der Waals surface area contributed by atoms with Gasteiger partial charge in [-0.25, -0.2) is 0 Å². The summed E-state index contributed by atoms with van der Waals surface area (Å²) in [5.41, 5.74) is 2.04. The summed E-state index contributed by atoms with van der Waals surface area (Å²) in [5, 5.41) is 9.02. The van der Waals surface area contributed by atoms with Crippen LogP contribution in [-0.2, 0) is 4.79 Å². The molecular formula is C12H15NO. The molecule has 0 aliphatic heterocycles. The molecule has 0 radical (unpaired) electrons. The number of carbonyl (C=O) groups excluding carboxylic acids is 1. The van der Waals surface area contributed by atoms with E-state index < -0.39 is 5.92 Å². The molecule has 0 bridgehead atoms. The Morgan fingerprint density at radius 1 is 1.36 bits per heavy atom. The fraction of sp³-hybridized carbons (Fsp3) is 0.667. The molecule has 2 nitrogen and oxygen atoms in total. The van der Waals surface area contributed by atoms with E-state index in [1.807, 2.05) is 13.8 Å². The van der Waals surface area contributed by atoms with E-state index in [-0.39, 0.29) is 11.2 Å². The van der Waals surface area contributed by atoms with Crippen molar-refractivity contribution in [3.8, 4) is 6.07 Å². The van der Waals surface area contributed by atoms with Gasteiger partial charge in [0.15, 0.2) is 5.78 Å². The minimum absolute atomic E-state index is 0.104. The van der Waals surface area contributed by atoms with Gasteiger partial charge in [-0.1, -0.05) is 19.4 Å². The Balaban J connectivity index is 2.48. The topological polar surface area (TPSA) is 40.9 Å². The molecule has 1 atom stereocenters. The number of hydrogen-bond donors (Lipinski definition) is 0. The van der Waals surface area contributed by atoms with Gasteiger partial charge in [-0.2, -0.15) is 5.26 Å². The number of hydrogen-bond acceptors (Lipinski definition) is 2. The summed E-state index contributed by atoms with van der Waals surface area (Å²) in [7, 11) is 0. The summed E-state index contributed by atoms with van der Waals surface area (Å²) in [4.78, 5) is 11.9. The minimum Gasteiger partial charge on any atom is -0.293 e. The van der Waals surface area contributed by atoms with E-state index in [0.29, 0.717) is 0 Å². The van der Waals surface area contributed by atoms with Crippen molar-refractivity contribution in [2.45, 2.75) is 39.5 Å². The minimum atomic E-state index is -0.425. The lowest BCUT2D eigenvalue weighted by Gasteiger charge is -2.26. The van der Waals surface area contributed by atoms with Gasteiger partial charge in [-0.3, -0.25) is 4.79 Å². The van der Waals surface area contributed by atoms with Crippen LogP contribution in [0.5, 0.6) is 0 Å². The zero-order valence-corrected chi connectivity index (χ0v) is 8.76. The fourth-order valence-electron chi connectivity index (χ4n) is 2.78. The van der Waals surface area contributed by atoms with Crippen LogP contribution in [0.1, 0.15) is 39.5 Å². The first kappa shape index (κ1) is 9.45. The van der Waals surface area contributed by atoms with Crippen molar-refractivity contribution in [2.24, 2.45) is 11.3 Å². The van der Waals surface area contributed by atoms with Gasteiger partial charge in [0, 0.05) is 5.41 Å². The smallest absolute Gasteiger partial charge is 0.176 e. The van der Waals surface area contributed by atoms with Crippen LogP contribution in [0.15, 0.2) is 11.1 Å². The quantitative estimate of drug-likeness (QED) is 0.587. The average molecular weight is 189 g/mol. The lowest BCUT2D eigenvalue weighted by atomic mass is 9.75. The molecular weight excluding hydrogens is 174 g/mol. The van der Waals surface area contributed by atoms with E-state index in [1.54, 1.807) is 0 Å². The maximum atomic E-state index is 11.9. The number of Topliss-reactive ketones (excluding diaryl/α,β-unsaturated/α-hetero) is 1. The number of nitriles is 1. The van der Waals surface area contributed by atoms with Crippen molar-refractivity contribution in [2.75, 3.05) is 0 Å². The molecule has 1 unspecified atom stereocenters. The molecule has 0 saturated carbocycles. The summed E-state index contributed by atoms with van der Waals surface area (Å²) in [6, 6.07) is 2.17. The van der Waals surface area contributed by atoms with Gasteiger partial charge < -0.3 is 0 Å². The van der Waals surface area contributed by atoms with Gasteiger partial charge in [-0.15, -0.1) is 0 Å².